The Bertz CT molecular complexity index is 382. The van der Waals surface area contributed by atoms with Crippen molar-refractivity contribution in [2.75, 3.05) is 50.7 Å². The van der Waals surface area contributed by atoms with Crippen LogP contribution in [0.3, 0.4) is 0 Å². The van der Waals surface area contributed by atoms with Crippen molar-refractivity contribution < 1.29 is 9.47 Å². The first-order valence-electron chi connectivity index (χ1n) is 6.52. The zero-order chi connectivity index (χ0) is 12.8. The Morgan fingerprint density at radius 3 is 3.00 bits per heavy atom. The summed E-state index contributed by atoms with van der Waals surface area (Å²) in [6.07, 6.45) is 2.01. The molecule has 2 N–H and O–H groups in total. The van der Waals surface area contributed by atoms with Gasteiger partial charge in [-0.2, -0.15) is 0 Å². The summed E-state index contributed by atoms with van der Waals surface area (Å²) >= 11 is 0. The average molecular weight is 250 g/mol. The molecule has 1 aliphatic heterocycles. The normalized spacial score (nSPS) is 13.9. The highest BCUT2D eigenvalue weighted by Crippen LogP contribution is 2.31. The number of nitrogens with two attached hydrogens (primary N) is 1. The summed E-state index contributed by atoms with van der Waals surface area (Å²) in [5.41, 5.74) is 9.45. The Morgan fingerprint density at radius 1 is 1.28 bits per heavy atom. The van der Waals surface area contributed by atoms with E-state index in [4.69, 9.17) is 15.2 Å². The number of rotatable bonds is 7. The van der Waals surface area contributed by atoms with E-state index < -0.39 is 0 Å². The summed E-state index contributed by atoms with van der Waals surface area (Å²) in [6, 6.07) is 6.14. The number of anilines is 2. The van der Waals surface area contributed by atoms with Gasteiger partial charge in [-0.05, 0) is 25.0 Å². The van der Waals surface area contributed by atoms with Crippen molar-refractivity contribution in [3.63, 3.8) is 0 Å². The molecule has 0 fully saturated rings. The van der Waals surface area contributed by atoms with Gasteiger partial charge in [0.25, 0.3) is 0 Å². The molecule has 4 heteroatoms. The molecular formula is C14H22N2O2. The van der Waals surface area contributed by atoms with E-state index in [-0.39, 0.29) is 0 Å². The Balaban J connectivity index is 1.75. The van der Waals surface area contributed by atoms with Crippen molar-refractivity contribution >= 4 is 11.4 Å². The van der Waals surface area contributed by atoms with Crippen molar-refractivity contribution in [3.05, 3.63) is 23.8 Å². The van der Waals surface area contributed by atoms with Crippen LogP contribution in [0, 0.1) is 0 Å². The first-order valence-corrected chi connectivity index (χ1v) is 6.52. The van der Waals surface area contributed by atoms with Gasteiger partial charge in [0, 0.05) is 50.4 Å². The van der Waals surface area contributed by atoms with E-state index in [0.717, 1.165) is 51.4 Å². The summed E-state index contributed by atoms with van der Waals surface area (Å²) in [5.74, 6) is 0. The molecule has 0 saturated carbocycles. The van der Waals surface area contributed by atoms with Gasteiger partial charge in [0.1, 0.15) is 0 Å². The van der Waals surface area contributed by atoms with Gasteiger partial charge >= 0.3 is 0 Å². The third-order valence-corrected chi connectivity index (χ3v) is 3.30. The molecule has 0 atom stereocenters. The zero-order valence-electron chi connectivity index (χ0n) is 11.0. The second-order valence-electron chi connectivity index (χ2n) is 4.54. The van der Waals surface area contributed by atoms with Gasteiger partial charge in [-0.3, -0.25) is 0 Å². The molecule has 4 nitrogen and oxygen atoms in total. The van der Waals surface area contributed by atoms with Crippen LogP contribution in [0.25, 0.3) is 0 Å². The number of nitrogens with zero attached hydrogens (tertiary/aromatic N) is 1. The molecule has 1 aromatic carbocycles. The van der Waals surface area contributed by atoms with Crippen LogP contribution < -0.4 is 10.6 Å². The standard InChI is InChI=1S/C14H22N2O2/c1-17-9-3-10-18-11-8-16-7-6-12-13(15)4-2-5-14(12)16/h2,4-5H,3,6-11,15H2,1H3. The van der Waals surface area contributed by atoms with E-state index in [9.17, 15) is 0 Å². The summed E-state index contributed by atoms with van der Waals surface area (Å²) < 4.78 is 10.6. The average Bonchev–Trinajstić information content (AvgIpc) is 2.79. The molecule has 1 aromatic rings. The van der Waals surface area contributed by atoms with Gasteiger partial charge in [0.15, 0.2) is 0 Å². The molecule has 0 aliphatic carbocycles. The number of hydrogen-bond acceptors (Lipinski definition) is 4. The van der Waals surface area contributed by atoms with E-state index in [1.807, 2.05) is 12.1 Å². The summed E-state index contributed by atoms with van der Waals surface area (Å²) in [6.45, 7) is 4.28. The fraction of sp³-hybridized carbons (Fsp3) is 0.571. The second-order valence-corrected chi connectivity index (χ2v) is 4.54. The number of benzene rings is 1. The minimum atomic E-state index is 0.762. The fourth-order valence-electron chi connectivity index (χ4n) is 2.34. The van der Waals surface area contributed by atoms with Crippen LogP contribution in [-0.2, 0) is 15.9 Å². The summed E-state index contributed by atoms with van der Waals surface area (Å²) in [7, 11) is 1.71. The lowest BCUT2D eigenvalue weighted by Gasteiger charge is -2.19. The first kappa shape index (κ1) is 13.2. The van der Waals surface area contributed by atoms with E-state index in [0.29, 0.717) is 0 Å². The smallest absolute Gasteiger partial charge is 0.0641 e. The van der Waals surface area contributed by atoms with Gasteiger partial charge in [-0.1, -0.05) is 6.07 Å². The third kappa shape index (κ3) is 3.15. The van der Waals surface area contributed by atoms with E-state index in [1.165, 1.54) is 11.3 Å². The molecule has 0 aromatic heterocycles. The predicted molar refractivity (Wildman–Crippen MR) is 74.1 cm³/mol. The van der Waals surface area contributed by atoms with E-state index >= 15 is 0 Å². The van der Waals surface area contributed by atoms with E-state index in [1.54, 1.807) is 7.11 Å². The van der Waals surface area contributed by atoms with Crippen LogP contribution in [-0.4, -0.2) is 40.0 Å². The lowest BCUT2D eigenvalue weighted by Crippen LogP contribution is -2.25. The van der Waals surface area contributed by atoms with Crippen molar-refractivity contribution in [1.29, 1.82) is 0 Å². The number of fused-ring (bicyclic) bond motifs is 1. The molecule has 0 saturated heterocycles. The van der Waals surface area contributed by atoms with Gasteiger partial charge in [0.05, 0.1) is 6.61 Å². The molecule has 0 radical (unpaired) electrons. The summed E-state index contributed by atoms with van der Waals surface area (Å²) in [5, 5.41) is 0. The van der Waals surface area contributed by atoms with Gasteiger partial charge < -0.3 is 20.1 Å². The number of ether oxygens (including phenoxy) is 2. The Kier molecular flexibility index (Phi) is 4.84. The van der Waals surface area contributed by atoms with Gasteiger partial charge in [-0.15, -0.1) is 0 Å². The molecule has 1 heterocycles. The van der Waals surface area contributed by atoms with Gasteiger partial charge in [0.2, 0.25) is 0 Å². The zero-order valence-corrected chi connectivity index (χ0v) is 11.0. The molecule has 2 rings (SSSR count). The SMILES string of the molecule is COCCCOCCN1CCc2c(N)cccc21. The van der Waals surface area contributed by atoms with Crippen molar-refractivity contribution in [3.8, 4) is 0 Å². The monoisotopic (exact) mass is 250 g/mol. The number of methoxy groups -OCH3 is 1. The maximum Gasteiger partial charge on any atom is 0.0641 e. The Labute approximate surface area is 109 Å². The Morgan fingerprint density at radius 2 is 2.17 bits per heavy atom. The lowest BCUT2D eigenvalue weighted by molar-refractivity contribution is 0.107. The third-order valence-electron chi connectivity index (χ3n) is 3.30. The molecule has 0 spiro atoms. The second kappa shape index (κ2) is 6.61. The van der Waals surface area contributed by atoms with Crippen LogP contribution in [0.4, 0.5) is 11.4 Å². The lowest BCUT2D eigenvalue weighted by atomic mass is 10.1. The van der Waals surface area contributed by atoms with Crippen LogP contribution >= 0.6 is 0 Å². The molecular weight excluding hydrogens is 228 g/mol. The maximum atomic E-state index is 5.97. The minimum Gasteiger partial charge on any atom is -0.398 e. The van der Waals surface area contributed by atoms with Crippen LogP contribution in [0.15, 0.2) is 18.2 Å². The highest BCUT2D eigenvalue weighted by Gasteiger charge is 2.19. The van der Waals surface area contributed by atoms with Crippen molar-refractivity contribution in [1.82, 2.24) is 0 Å². The van der Waals surface area contributed by atoms with Crippen molar-refractivity contribution in [2.24, 2.45) is 0 Å². The Hall–Kier alpha value is -1.26. The van der Waals surface area contributed by atoms with Crippen LogP contribution in [0.5, 0.6) is 0 Å². The number of hydrogen-bond donors (Lipinski definition) is 1. The first-order chi connectivity index (χ1) is 8.83. The van der Waals surface area contributed by atoms with Crippen molar-refractivity contribution in [2.45, 2.75) is 12.8 Å². The summed E-state index contributed by atoms with van der Waals surface area (Å²) in [4.78, 5) is 2.35. The predicted octanol–water partition coefficient (Wildman–Crippen LogP) is 1.68. The quantitative estimate of drug-likeness (QED) is 0.591. The fourth-order valence-corrected chi connectivity index (χ4v) is 2.34. The molecule has 18 heavy (non-hydrogen) atoms. The highest BCUT2D eigenvalue weighted by atomic mass is 16.5. The molecule has 0 amide bonds. The van der Waals surface area contributed by atoms with Crippen LogP contribution in [0.2, 0.25) is 0 Å². The maximum absolute atomic E-state index is 5.97. The minimum absolute atomic E-state index is 0.762. The van der Waals surface area contributed by atoms with E-state index in [2.05, 4.69) is 11.0 Å². The molecule has 1 aliphatic rings. The molecule has 0 unspecified atom stereocenters. The number of nitrogen functional groups attached to an aromatic ring is 1. The van der Waals surface area contributed by atoms with Gasteiger partial charge in [-0.25, -0.2) is 0 Å². The largest absolute Gasteiger partial charge is 0.398 e. The highest BCUT2D eigenvalue weighted by molar-refractivity contribution is 5.68. The topological polar surface area (TPSA) is 47.7 Å². The molecule has 0 bridgehead atoms. The van der Waals surface area contributed by atoms with Crippen LogP contribution in [0.1, 0.15) is 12.0 Å². The molecule has 100 valence electrons.